The molecule has 9 heteroatoms. The zero-order valence-electron chi connectivity index (χ0n) is 17.7. The topological polar surface area (TPSA) is 86.4 Å². The van der Waals surface area contributed by atoms with Crippen LogP contribution in [0.25, 0.3) is 22.1 Å². The van der Waals surface area contributed by atoms with Crippen molar-refractivity contribution in [1.29, 1.82) is 0 Å². The van der Waals surface area contributed by atoms with Crippen LogP contribution < -0.4 is 15.6 Å². The van der Waals surface area contributed by atoms with Crippen LogP contribution in [0.15, 0.2) is 56.8 Å². The molecule has 2 heterocycles. The fourth-order valence-corrected chi connectivity index (χ4v) is 4.42. The third kappa shape index (κ3) is 4.47. The molecule has 7 nitrogen and oxygen atoms in total. The lowest BCUT2D eigenvalue weighted by Crippen LogP contribution is -2.24. The van der Waals surface area contributed by atoms with Gasteiger partial charge >= 0.3 is 0 Å². The first-order valence-electron chi connectivity index (χ1n) is 10.2. The fourth-order valence-electron chi connectivity index (χ4n) is 3.35. The summed E-state index contributed by atoms with van der Waals surface area (Å²) in [6.07, 6.45) is 1.74. The van der Waals surface area contributed by atoms with E-state index in [4.69, 9.17) is 25.7 Å². The largest absolute Gasteiger partial charge is 0.495 e. The molecule has 166 valence electrons. The van der Waals surface area contributed by atoms with Crippen LogP contribution >= 0.6 is 23.4 Å². The molecule has 32 heavy (non-hydrogen) atoms. The summed E-state index contributed by atoms with van der Waals surface area (Å²) in [7, 11) is 1.53. The first-order chi connectivity index (χ1) is 15.5. The predicted octanol–water partition coefficient (Wildman–Crippen LogP) is 5.34. The van der Waals surface area contributed by atoms with Crippen molar-refractivity contribution in [2.75, 3.05) is 18.2 Å². The smallest absolute Gasteiger partial charge is 0.297 e. The van der Waals surface area contributed by atoms with Crippen LogP contribution in [-0.4, -0.2) is 28.3 Å². The molecule has 2 aromatic carbocycles. The Bertz CT molecular complexity index is 1350. The highest BCUT2D eigenvalue weighted by molar-refractivity contribution is 7.99. The second kappa shape index (κ2) is 9.67. The van der Waals surface area contributed by atoms with Crippen LogP contribution in [0.1, 0.15) is 19.8 Å². The average molecular weight is 472 g/mol. The molecule has 0 fully saturated rings. The van der Waals surface area contributed by atoms with Gasteiger partial charge in [0.15, 0.2) is 5.16 Å². The number of ether oxygens (including phenoxy) is 1. The molecule has 4 rings (SSSR count). The molecule has 4 aromatic rings. The number of thioether (sulfide) groups is 1. The molecule has 0 unspecified atom stereocenters. The number of benzene rings is 2. The van der Waals surface area contributed by atoms with Crippen LogP contribution in [-0.2, 0) is 11.3 Å². The van der Waals surface area contributed by atoms with Crippen LogP contribution in [0.3, 0.4) is 0 Å². The summed E-state index contributed by atoms with van der Waals surface area (Å²) in [5.74, 6) is 0.386. The van der Waals surface area contributed by atoms with E-state index in [9.17, 15) is 9.59 Å². The Morgan fingerprint density at radius 3 is 2.84 bits per heavy atom. The van der Waals surface area contributed by atoms with Crippen molar-refractivity contribution in [2.24, 2.45) is 0 Å². The van der Waals surface area contributed by atoms with Gasteiger partial charge in [0.05, 0.1) is 17.9 Å². The summed E-state index contributed by atoms with van der Waals surface area (Å²) < 4.78 is 12.5. The molecule has 0 saturated heterocycles. The summed E-state index contributed by atoms with van der Waals surface area (Å²) in [6, 6.07) is 12.4. The van der Waals surface area contributed by atoms with E-state index in [2.05, 4.69) is 12.2 Å². The minimum absolute atomic E-state index is 0.0868. The SMILES string of the molecule is CCCCn1c(SCC(=O)Nc2ccc(OC)c(Cl)c2)nc2c(oc3ccccc32)c1=O. The zero-order chi connectivity index (χ0) is 22.7. The van der Waals surface area contributed by atoms with Gasteiger partial charge in [-0.05, 0) is 36.8 Å². The monoisotopic (exact) mass is 471 g/mol. The van der Waals surface area contributed by atoms with Gasteiger partial charge in [0, 0.05) is 17.6 Å². The van der Waals surface area contributed by atoms with Crippen LogP contribution in [0.5, 0.6) is 5.75 Å². The second-order valence-electron chi connectivity index (χ2n) is 7.17. The maximum absolute atomic E-state index is 13.1. The molecule has 1 amide bonds. The molecule has 0 aliphatic carbocycles. The third-order valence-electron chi connectivity index (χ3n) is 4.95. The molecule has 0 aliphatic rings. The molecule has 0 saturated carbocycles. The van der Waals surface area contributed by atoms with Crippen molar-refractivity contribution < 1.29 is 13.9 Å². The predicted molar refractivity (Wildman–Crippen MR) is 128 cm³/mol. The maximum atomic E-state index is 13.1. The molecule has 1 N–H and O–H groups in total. The normalized spacial score (nSPS) is 11.2. The van der Waals surface area contributed by atoms with Gasteiger partial charge in [-0.3, -0.25) is 14.2 Å². The quantitative estimate of drug-likeness (QED) is 0.276. The molecule has 0 aliphatic heterocycles. The number of anilines is 1. The Morgan fingerprint density at radius 2 is 2.09 bits per heavy atom. The van der Waals surface area contributed by atoms with E-state index in [0.29, 0.717) is 39.3 Å². The van der Waals surface area contributed by atoms with E-state index < -0.39 is 0 Å². The highest BCUT2D eigenvalue weighted by Gasteiger charge is 2.18. The number of fused-ring (bicyclic) bond motifs is 3. The summed E-state index contributed by atoms with van der Waals surface area (Å²) in [6.45, 7) is 2.56. The van der Waals surface area contributed by atoms with Crippen molar-refractivity contribution in [2.45, 2.75) is 31.5 Å². The zero-order valence-corrected chi connectivity index (χ0v) is 19.3. The number of nitrogens with one attached hydrogen (secondary N) is 1. The van der Waals surface area contributed by atoms with E-state index in [1.54, 1.807) is 22.8 Å². The van der Waals surface area contributed by atoms with Crippen molar-refractivity contribution >= 4 is 57.0 Å². The standard InChI is InChI=1S/C23H22ClN3O4S/c1-3-4-11-27-22(29)21-20(15-7-5-6-8-17(15)31-21)26-23(27)32-13-19(28)25-14-9-10-18(30-2)16(24)12-14/h5-10,12H,3-4,11,13H2,1-2H3,(H,25,28). The van der Waals surface area contributed by atoms with Gasteiger partial charge in [0.1, 0.15) is 16.8 Å². The van der Waals surface area contributed by atoms with Crippen molar-refractivity contribution in [1.82, 2.24) is 9.55 Å². The minimum Gasteiger partial charge on any atom is -0.495 e. The first-order valence-corrected chi connectivity index (χ1v) is 11.6. The molecule has 0 bridgehead atoms. The average Bonchev–Trinajstić information content (AvgIpc) is 3.16. The number of furan rings is 1. The molecule has 0 atom stereocenters. The van der Waals surface area contributed by atoms with E-state index in [1.807, 2.05) is 24.3 Å². The van der Waals surface area contributed by atoms with Gasteiger partial charge in [-0.15, -0.1) is 0 Å². The number of hydrogen-bond donors (Lipinski definition) is 1. The number of unbranched alkanes of at least 4 members (excludes halogenated alkanes) is 1. The summed E-state index contributed by atoms with van der Waals surface area (Å²) >= 11 is 7.34. The fraction of sp³-hybridized carbons (Fsp3) is 0.261. The number of carbonyl (C=O) groups excluding carboxylic acids is 1. The molecule has 2 aromatic heterocycles. The number of amides is 1. The van der Waals surface area contributed by atoms with Crippen molar-refractivity contribution in [3.05, 3.63) is 57.8 Å². The summed E-state index contributed by atoms with van der Waals surface area (Å²) in [4.78, 5) is 30.4. The van der Waals surface area contributed by atoms with E-state index in [-0.39, 0.29) is 22.8 Å². The van der Waals surface area contributed by atoms with Gasteiger partial charge < -0.3 is 14.5 Å². The van der Waals surface area contributed by atoms with Gasteiger partial charge in [-0.2, -0.15) is 0 Å². The molecular formula is C23H22ClN3O4S. The first kappa shape index (κ1) is 22.2. The Labute approximate surface area is 193 Å². The van der Waals surface area contributed by atoms with Crippen LogP contribution in [0, 0.1) is 0 Å². The number of rotatable bonds is 8. The van der Waals surface area contributed by atoms with Gasteiger partial charge in [0.25, 0.3) is 5.56 Å². The van der Waals surface area contributed by atoms with Gasteiger partial charge in [-0.25, -0.2) is 4.98 Å². The Balaban J connectivity index is 1.60. The number of para-hydroxylation sites is 1. The molecular weight excluding hydrogens is 450 g/mol. The summed E-state index contributed by atoms with van der Waals surface area (Å²) in [5.41, 5.74) is 1.70. The lowest BCUT2D eigenvalue weighted by molar-refractivity contribution is -0.113. The lowest BCUT2D eigenvalue weighted by atomic mass is 10.2. The van der Waals surface area contributed by atoms with E-state index in [1.165, 1.54) is 18.9 Å². The van der Waals surface area contributed by atoms with Gasteiger partial charge in [-0.1, -0.05) is 48.8 Å². The van der Waals surface area contributed by atoms with Crippen LogP contribution in [0.2, 0.25) is 5.02 Å². The Morgan fingerprint density at radius 1 is 1.28 bits per heavy atom. The van der Waals surface area contributed by atoms with E-state index in [0.717, 1.165) is 18.2 Å². The Hall–Kier alpha value is -2.97. The number of hydrogen-bond acceptors (Lipinski definition) is 6. The number of nitrogens with zero attached hydrogens (tertiary/aromatic N) is 2. The third-order valence-corrected chi connectivity index (χ3v) is 6.22. The number of methoxy groups -OCH3 is 1. The summed E-state index contributed by atoms with van der Waals surface area (Å²) in [5, 5.41) is 4.49. The number of aromatic nitrogens is 2. The van der Waals surface area contributed by atoms with Crippen molar-refractivity contribution in [3.8, 4) is 5.75 Å². The number of carbonyl (C=O) groups is 1. The maximum Gasteiger partial charge on any atom is 0.297 e. The second-order valence-corrected chi connectivity index (χ2v) is 8.52. The van der Waals surface area contributed by atoms with Crippen LogP contribution in [0.4, 0.5) is 5.69 Å². The Kier molecular flexibility index (Phi) is 6.72. The lowest BCUT2D eigenvalue weighted by Gasteiger charge is -2.11. The number of halogens is 1. The van der Waals surface area contributed by atoms with Crippen molar-refractivity contribution in [3.63, 3.8) is 0 Å². The highest BCUT2D eigenvalue weighted by Crippen LogP contribution is 2.29. The minimum atomic E-state index is -0.232. The van der Waals surface area contributed by atoms with Gasteiger partial charge in [0.2, 0.25) is 11.5 Å². The van der Waals surface area contributed by atoms with E-state index >= 15 is 0 Å². The molecule has 0 radical (unpaired) electrons. The highest BCUT2D eigenvalue weighted by atomic mass is 35.5. The molecule has 0 spiro atoms.